The summed E-state index contributed by atoms with van der Waals surface area (Å²) in [5.41, 5.74) is 0. The van der Waals surface area contributed by atoms with Crippen LogP contribution in [0.3, 0.4) is 0 Å². The average Bonchev–Trinajstić information content (AvgIpc) is 2.45. The maximum Gasteiger partial charge on any atom is 0.317 e. The molecule has 1 N–H and O–H groups in total. The molecule has 2 rings (SSSR count). The first kappa shape index (κ1) is 17.1. The Morgan fingerprint density at radius 1 is 1.41 bits per heavy atom. The molecule has 0 aliphatic carbocycles. The van der Waals surface area contributed by atoms with E-state index in [9.17, 15) is 13.2 Å². The van der Waals surface area contributed by atoms with E-state index in [0.29, 0.717) is 6.54 Å². The maximum atomic E-state index is 12.2. The minimum atomic E-state index is -3.00. The molecule has 1 aromatic carbocycles. The second kappa shape index (κ2) is 7.37. The van der Waals surface area contributed by atoms with Crippen molar-refractivity contribution in [1.82, 2.24) is 10.2 Å². The molecule has 0 saturated carbocycles. The van der Waals surface area contributed by atoms with Crippen molar-refractivity contribution in [3.05, 3.63) is 30.3 Å². The van der Waals surface area contributed by atoms with Crippen LogP contribution >= 0.6 is 11.8 Å². The van der Waals surface area contributed by atoms with Gasteiger partial charge in [0.2, 0.25) is 0 Å². The second-order valence-corrected chi connectivity index (χ2v) is 9.32. The summed E-state index contributed by atoms with van der Waals surface area (Å²) in [6.45, 7) is 4.66. The highest BCUT2D eigenvalue weighted by atomic mass is 32.2. The summed E-state index contributed by atoms with van der Waals surface area (Å²) in [5.74, 6) is 0.105. The number of amides is 2. The van der Waals surface area contributed by atoms with Crippen molar-refractivity contribution in [3.63, 3.8) is 0 Å². The Bertz CT molecular complexity index is 604. The predicted octanol–water partition coefficient (Wildman–Crippen LogP) is 2.00. The summed E-state index contributed by atoms with van der Waals surface area (Å²) in [7, 11) is -3.00. The predicted molar refractivity (Wildman–Crippen MR) is 90.0 cm³/mol. The summed E-state index contributed by atoms with van der Waals surface area (Å²) >= 11 is 1.70. The molecule has 0 spiro atoms. The van der Waals surface area contributed by atoms with E-state index in [1.807, 2.05) is 30.3 Å². The molecular weight excluding hydrogens is 320 g/mol. The van der Waals surface area contributed by atoms with E-state index < -0.39 is 9.84 Å². The van der Waals surface area contributed by atoms with Crippen LogP contribution in [0.4, 0.5) is 4.79 Å². The molecule has 2 atom stereocenters. The third-order valence-electron chi connectivity index (χ3n) is 3.55. The van der Waals surface area contributed by atoms with Gasteiger partial charge in [0.15, 0.2) is 9.84 Å². The van der Waals surface area contributed by atoms with Gasteiger partial charge in [0.05, 0.1) is 11.5 Å². The third-order valence-corrected chi connectivity index (χ3v) is 6.46. The van der Waals surface area contributed by atoms with Crippen LogP contribution in [0.2, 0.25) is 0 Å². The van der Waals surface area contributed by atoms with Crippen molar-refractivity contribution >= 4 is 27.6 Å². The molecule has 1 aliphatic rings. The molecule has 1 heterocycles. The molecule has 7 heteroatoms. The molecule has 1 aromatic rings. The highest BCUT2D eigenvalue weighted by Gasteiger charge is 2.31. The van der Waals surface area contributed by atoms with Crippen LogP contribution in [-0.2, 0) is 9.84 Å². The van der Waals surface area contributed by atoms with Gasteiger partial charge >= 0.3 is 6.03 Å². The number of thioether (sulfide) groups is 1. The summed E-state index contributed by atoms with van der Waals surface area (Å²) in [5, 5.41) is 3.15. The molecule has 122 valence electrons. The number of carbonyl (C=O) groups is 1. The van der Waals surface area contributed by atoms with Gasteiger partial charge in [-0.05, 0) is 19.1 Å². The minimum Gasteiger partial charge on any atom is -0.337 e. The van der Waals surface area contributed by atoms with Gasteiger partial charge in [0, 0.05) is 29.3 Å². The van der Waals surface area contributed by atoms with E-state index in [4.69, 9.17) is 0 Å². The van der Waals surface area contributed by atoms with Crippen molar-refractivity contribution in [2.24, 2.45) is 0 Å². The molecule has 0 bridgehead atoms. The van der Waals surface area contributed by atoms with Crippen LogP contribution in [0.5, 0.6) is 0 Å². The van der Waals surface area contributed by atoms with Crippen molar-refractivity contribution in [3.8, 4) is 0 Å². The number of nitrogens with zero attached hydrogens (tertiary/aromatic N) is 1. The van der Waals surface area contributed by atoms with Gasteiger partial charge in [0.25, 0.3) is 0 Å². The number of nitrogens with one attached hydrogen (secondary N) is 1. The van der Waals surface area contributed by atoms with Gasteiger partial charge in [0.1, 0.15) is 0 Å². The number of urea groups is 1. The fourth-order valence-electron chi connectivity index (χ4n) is 2.41. The summed E-state index contributed by atoms with van der Waals surface area (Å²) in [4.78, 5) is 15.0. The fourth-order valence-corrected chi connectivity index (χ4v) is 4.91. The Morgan fingerprint density at radius 3 is 2.73 bits per heavy atom. The van der Waals surface area contributed by atoms with Gasteiger partial charge in [-0.25, -0.2) is 13.2 Å². The number of rotatable bonds is 4. The van der Waals surface area contributed by atoms with Gasteiger partial charge in [-0.1, -0.05) is 25.1 Å². The molecule has 2 amide bonds. The van der Waals surface area contributed by atoms with E-state index in [-0.39, 0.29) is 35.4 Å². The van der Waals surface area contributed by atoms with Gasteiger partial charge < -0.3 is 10.2 Å². The minimum absolute atomic E-state index is 0.0503. The van der Waals surface area contributed by atoms with E-state index in [1.54, 1.807) is 23.6 Å². The van der Waals surface area contributed by atoms with Gasteiger partial charge in [-0.3, -0.25) is 0 Å². The molecule has 22 heavy (non-hydrogen) atoms. The van der Waals surface area contributed by atoms with Crippen LogP contribution in [-0.4, -0.2) is 55.2 Å². The Labute approximate surface area is 136 Å². The number of carbonyl (C=O) groups excluding carboxylic acids is 1. The normalized spacial score (nSPS) is 22.1. The SMILES string of the molecule is C[C@H](CNC(=O)N1CCS(=O)(=O)C[C@@H]1C)Sc1ccccc1. The standard InChI is InChI=1S/C15H22N2O3S2/c1-12-11-22(19,20)9-8-17(12)15(18)16-10-13(2)21-14-6-4-3-5-7-14/h3-7,12-13H,8-11H2,1-2H3,(H,16,18)/t12-,13+/m0/s1. The monoisotopic (exact) mass is 342 g/mol. The van der Waals surface area contributed by atoms with Crippen LogP contribution in [0.1, 0.15) is 13.8 Å². The fraction of sp³-hybridized carbons (Fsp3) is 0.533. The quantitative estimate of drug-likeness (QED) is 0.850. The van der Waals surface area contributed by atoms with E-state index in [1.165, 1.54) is 4.90 Å². The molecule has 0 aromatic heterocycles. The lowest BCUT2D eigenvalue weighted by molar-refractivity contribution is 0.185. The van der Waals surface area contributed by atoms with E-state index in [0.717, 1.165) is 0 Å². The Kier molecular flexibility index (Phi) is 5.74. The number of hydrogen-bond donors (Lipinski definition) is 1. The number of benzene rings is 1. The van der Waals surface area contributed by atoms with E-state index >= 15 is 0 Å². The maximum absolute atomic E-state index is 12.2. The summed E-state index contributed by atoms with van der Waals surface area (Å²) < 4.78 is 23.1. The van der Waals surface area contributed by atoms with Crippen molar-refractivity contribution in [2.45, 2.75) is 30.0 Å². The molecular formula is C15H22N2O3S2. The number of hydrogen-bond acceptors (Lipinski definition) is 4. The van der Waals surface area contributed by atoms with Gasteiger partial charge in [-0.2, -0.15) is 0 Å². The van der Waals surface area contributed by atoms with Crippen molar-refractivity contribution in [2.75, 3.05) is 24.6 Å². The molecule has 1 fully saturated rings. The first-order chi connectivity index (χ1) is 10.4. The second-order valence-electron chi connectivity index (χ2n) is 5.58. The Hall–Kier alpha value is -1.21. The number of sulfone groups is 1. The smallest absolute Gasteiger partial charge is 0.317 e. The lowest BCUT2D eigenvalue weighted by Crippen LogP contribution is -2.53. The zero-order valence-corrected chi connectivity index (χ0v) is 14.5. The average molecular weight is 342 g/mol. The summed E-state index contributed by atoms with van der Waals surface area (Å²) in [6.07, 6.45) is 0. The van der Waals surface area contributed by atoms with Crippen LogP contribution in [0.15, 0.2) is 35.2 Å². The largest absolute Gasteiger partial charge is 0.337 e. The molecule has 5 nitrogen and oxygen atoms in total. The highest BCUT2D eigenvalue weighted by molar-refractivity contribution is 8.00. The van der Waals surface area contributed by atoms with E-state index in [2.05, 4.69) is 12.2 Å². The van der Waals surface area contributed by atoms with Gasteiger partial charge in [-0.15, -0.1) is 11.8 Å². The zero-order chi connectivity index (χ0) is 16.2. The molecule has 1 saturated heterocycles. The molecule has 0 radical (unpaired) electrons. The Balaban J connectivity index is 1.80. The molecule has 1 aliphatic heterocycles. The summed E-state index contributed by atoms with van der Waals surface area (Å²) in [6, 6.07) is 9.59. The lowest BCUT2D eigenvalue weighted by atomic mass is 10.3. The topological polar surface area (TPSA) is 66.5 Å². The van der Waals surface area contributed by atoms with Crippen molar-refractivity contribution < 1.29 is 13.2 Å². The first-order valence-electron chi connectivity index (χ1n) is 7.34. The molecule has 0 unspecified atom stereocenters. The van der Waals surface area contributed by atoms with Crippen LogP contribution in [0, 0.1) is 0 Å². The Morgan fingerprint density at radius 2 is 2.09 bits per heavy atom. The third kappa shape index (κ3) is 4.91. The van der Waals surface area contributed by atoms with Crippen LogP contribution < -0.4 is 5.32 Å². The van der Waals surface area contributed by atoms with Crippen LogP contribution in [0.25, 0.3) is 0 Å². The lowest BCUT2D eigenvalue weighted by Gasteiger charge is -2.33. The van der Waals surface area contributed by atoms with Crippen molar-refractivity contribution in [1.29, 1.82) is 0 Å². The zero-order valence-electron chi connectivity index (χ0n) is 12.9. The first-order valence-corrected chi connectivity index (χ1v) is 10.0. The highest BCUT2D eigenvalue weighted by Crippen LogP contribution is 2.22.